The summed E-state index contributed by atoms with van der Waals surface area (Å²) in [7, 11) is 0. The lowest BCUT2D eigenvalue weighted by molar-refractivity contribution is -0.115. The van der Waals surface area contributed by atoms with Gasteiger partial charge >= 0.3 is 0 Å². The molecule has 4 heterocycles. The number of hydrogen-bond donors (Lipinski definition) is 2. The molecular formula is C22H13N3O3S3. The first kappa shape index (κ1) is 19.7. The van der Waals surface area contributed by atoms with E-state index in [0.29, 0.717) is 14.1 Å². The lowest BCUT2D eigenvalue weighted by Crippen LogP contribution is -2.19. The minimum atomic E-state index is -0.367. The number of benzene rings is 1. The number of amides is 2. The van der Waals surface area contributed by atoms with Crippen LogP contribution in [0.5, 0.6) is 0 Å². The van der Waals surface area contributed by atoms with Crippen molar-refractivity contribution in [2.75, 3.05) is 0 Å². The van der Waals surface area contributed by atoms with Gasteiger partial charge in [-0.3, -0.25) is 24.7 Å². The fourth-order valence-corrected chi connectivity index (χ4v) is 5.72. The van der Waals surface area contributed by atoms with Crippen LogP contribution in [-0.2, 0) is 4.79 Å². The highest BCUT2D eigenvalue weighted by Crippen LogP contribution is 2.35. The number of nitrogens with one attached hydrogen (secondary N) is 2. The zero-order chi connectivity index (χ0) is 21.5. The predicted octanol–water partition coefficient (Wildman–Crippen LogP) is 3.28. The topological polar surface area (TPSA) is 91.9 Å². The van der Waals surface area contributed by atoms with Crippen molar-refractivity contribution < 1.29 is 9.59 Å². The maximum Gasteiger partial charge on any atom is 0.290 e. The number of H-pyrrole nitrogens is 1. The molecule has 0 saturated carbocycles. The Morgan fingerprint density at radius 2 is 1.87 bits per heavy atom. The Labute approximate surface area is 187 Å². The Morgan fingerprint density at radius 1 is 1.00 bits per heavy atom. The molecule has 6 nitrogen and oxygen atoms in total. The molecule has 0 atom stereocenters. The van der Waals surface area contributed by atoms with Gasteiger partial charge < -0.3 is 4.98 Å². The summed E-state index contributed by atoms with van der Waals surface area (Å²) in [5.74, 6) is -0.367. The third-order valence-electron chi connectivity index (χ3n) is 4.58. The average molecular weight is 464 g/mol. The number of pyridine rings is 1. The molecule has 152 valence electrons. The molecule has 1 fully saturated rings. The summed E-state index contributed by atoms with van der Waals surface area (Å²) in [4.78, 5) is 44.6. The molecule has 0 unspecified atom stereocenters. The van der Waals surface area contributed by atoms with Gasteiger partial charge in [-0.25, -0.2) is 0 Å². The minimum Gasteiger partial charge on any atom is -0.313 e. The molecule has 0 bridgehead atoms. The molecule has 31 heavy (non-hydrogen) atoms. The van der Waals surface area contributed by atoms with Crippen LogP contribution in [0.25, 0.3) is 40.1 Å². The van der Waals surface area contributed by atoms with E-state index in [0.717, 1.165) is 43.5 Å². The Morgan fingerprint density at radius 3 is 2.61 bits per heavy atom. The molecule has 4 aromatic rings. The van der Waals surface area contributed by atoms with Crippen LogP contribution in [0.15, 0.2) is 52.3 Å². The van der Waals surface area contributed by atoms with Gasteiger partial charge in [0.2, 0.25) is 0 Å². The molecule has 1 saturated heterocycles. The molecule has 1 aliphatic heterocycles. The number of imide groups is 1. The molecule has 2 amide bonds. The van der Waals surface area contributed by atoms with Gasteiger partial charge in [0.05, 0.1) is 19.6 Å². The molecule has 0 aliphatic carbocycles. The number of nitrogens with zero attached hydrogens (tertiary/aromatic N) is 1. The zero-order valence-electron chi connectivity index (χ0n) is 15.8. The van der Waals surface area contributed by atoms with E-state index >= 15 is 0 Å². The lowest BCUT2D eigenvalue weighted by atomic mass is 10.0. The third-order valence-corrected chi connectivity index (χ3v) is 7.33. The largest absolute Gasteiger partial charge is 0.313 e. The number of carbonyl (C=O) groups excluding carboxylic acids is 2. The van der Waals surface area contributed by atoms with Crippen molar-refractivity contribution >= 4 is 75.2 Å². The quantitative estimate of drug-likeness (QED) is 0.455. The molecule has 0 spiro atoms. The second kappa shape index (κ2) is 7.77. The molecule has 3 aromatic heterocycles. The molecular weight excluding hydrogens is 450 g/mol. The molecule has 0 radical (unpaired) electrons. The van der Waals surface area contributed by atoms with E-state index in [1.54, 1.807) is 12.3 Å². The second-order valence-electron chi connectivity index (χ2n) is 6.68. The summed E-state index contributed by atoms with van der Waals surface area (Å²) >= 11 is 3.75. The number of aromatic nitrogens is 2. The van der Waals surface area contributed by atoms with E-state index in [2.05, 4.69) is 21.9 Å². The average Bonchev–Trinajstić information content (AvgIpc) is 3.41. The van der Waals surface area contributed by atoms with Gasteiger partial charge in [-0.05, 0) is 59.8 Å². The highest BCUT2D eigenvalue weighted by Gasteiger charge is 2.25. The van der Waals surface area contributed by atoms with E-state index in [-0.39, 0.29) is 16.7 Å². The van der Waals surface area contributed by atoms with Crippen molar-refractivity contribution in [3.63, 3.8) is 0 Å². The number of hydrogen-bond acceptors (Lipinski definition) is 7. The van der Waals surface area contributed by atoms with Gasteiger partial charge in [-0.15, -0.1) is 22.7 Å². The summed E-state index contributed by atoms with van der Waals surface area (Å²) in [6.45, 7) is 3.78. The Bertz CT molecular complexity index is 1580. The Balaban J connectivity index is 1.58. The first-order valence-corrected chi connectivity index (χ1v) is 11.5. The monoisotopic (exact) mass is 463 g/mol. The van der Waals surface area contributed by atoms with E-state index in [9.17, 15) is 14.4 Å². The van der Waals surface area contributed by atoms with Crippen LogP contribution in [0.3, 0.4) is 0 Å². The normalized spacial score (nSPS) is 15.9. The van der Waals surface area contributed by atoms with Gasteiger partial charge in [0.25, 0.3) is 16.7 Å². The third kappa shape index (κ3) is 3.90. The lowest BCUT2D eigenvalue weighted by Gasteiger charge is -2.05. The standard InChI is InChI=1S/C22H13N3O3S3/c1-11-24-20(26)18(29-11)9-12-2-4-16-15(8-12)14(6-7-23-16)17-5-3-13(30-17)10-19-21(27)25-22(28)31-19/h2-10H,1H2,(H,24,26)(H,25,27,28)/b18-9-,19-10-. The molecule has 1 aromatic carbocycles. The van der Waals surface area contributed by atoms with Crippen LogP contribution in [0.4, 0.5) is 4.79 Å². The van der Waals surface area contributed by atoms with Crippen LogP contribution < -0.4 is 20.1 Å². The number of fused-ring (bicyclic) bond motifs is 1. The van der Waals surface area contributed by atoms with Crippen molar-refractivity contribution in [3.8, 4) is 10.4 Å². The molecule has 5 rings (SSSR count). The first-order valence-electron chi connectivity index (χ1n) is 9.10. The summed E-state index contributed by atoms with van der Waals surface area (Å²) in [5.41, 5.74) is 2.60. The van der Waals surface area contributed by atoms with E-state index in [1.807, 2.05) is 42.5 Å². The highest BCUT2D eigenvalue weighted by molar-refractivity contribution is 8.18. The van der Waals surface area contributed by atoms with E-state index in [4.69, 9.17) is 0 Å². The van der Waals surface area contributed by atoms with Crippen LogP contribution in [0.2, 0.25) is 0 Å². The van der Waals surface area contributed by atoms with Gasteiger partial charge in [-0.2, -0.15) is 0 Å². The fraction of sp³-hybridized carbons (Fsp3) is 0. The van der Waals surface area contributed by atoms with Crippen LogP contribution in [-0.4, -0.2) is 21.1 Å². The van der Waals surface area contributed by atoms with Gasteiger partial charge in [0.1, 0.15) is 0 Å². The highest BCUT2D eigenvalue weighted by atomic mass is 32.2. The predicted molar refractivity (Wildman–Crippen MR) is 127 cm³/mol. The summed E-state index contributed by atoms with van der Waals surface area (Å²) < 4.78 is 1.22. The smallest absolute Gasteiger partial charge is 0.290 e. The number of rotatable bonds is 3. The maximum absolute atomic E-state index is 12.0. The van der Waals surface area contributed by atoms with Gasteiger partial charge in [-0.1, -0.05) is 12.6 Å². The summed E-state index contributed by atoms with van der Waals surface area (Å²) in [6.07, 6.45) is 5.32. The Kier molecular flexibility index (Phi) is 4.93. The van der Waals surface area contributed by atoms with E-state index < -0.39 is 0 Å². The summed E-state index contributed by atoms with van der Waals surface area (Å²) in [5, 5.41) is 2.87. The SMILES string of the molecule is C=c1[nH]c(=O)/c(=C/c2ccc3nccc(-c4ccc(/C=C5\SC(=O)NC5=O)s4)c3c2)s1. The van der Waals surface area contributed by atoms with Crippen molar-refractivity contribution in [2.45, 2.75) is 0 Å². The van der Waals surface area contributed by atoms with Gasteiger partial charge in [0.15, 0.2) is 0 Å². The number of thiophene rings is 1. The number of carbonyl (C=O) groups is 2. The van der Waals surface area contributed by atoms with Crippen molar-refractivity contribution in [1.29, 1.82) is 0 Å². The van der Waals surface area contributed by atoms with E-state index in [1.165, 1.54) is 22.7 Å². The number of thioether (sulfide) groups is 1. The molecule has 2 N–H and O–H groups in total. The van der Waals surface area contributed by atoms with Gasteiger partial charge in [0, 0.05) is 26.9 Å². The second-order valence-corrected chi connectivity index (χ2v) is 9.94. The molecule has 9 heteroatoms. The number of aromatic amines is 1. The minimum absolute atomic E-state index is 0.148. The van der Waals surface area contributed by atoms with Crippen LogP contribution in [0, 0.1) is 0 Å². The van der Waals surface area contributed by atoms with Crippen LogP contribution in [0.1, 0.15) is 10.4 Å². The first-order chi connectivity index (χ1) is 15.0. The van der Waals surface area contributed by atoms with Crippen LogP contribution >= 0.6 is 34.4 Å². The van der Waals surface area contributed by atoms with Crippen molar-refractivity contribution in [3.05, 3.63) is 77.5 Å². The molecule has 1 aliphatic rings. The van der Waals surface area contributed by atoms with Crippen molar-refractivity contribution in [1.82, 2.24) is 15.3 Å². The fourth-order valence-electron chi connectivity index (χ4n) is 3.23. The number of thiazole rings is 1. The van der Waals surface area contributed by atoms with Crippen molar-refractivity contribution in [2.24, 2.45) is 0 Å². The summed E-state index contributed by atoms with van der Waals surface area (Å²) in [6, 6.07) is 11.7. The maximum atomic E-state index is 12.0. The Hall–Kier alpha value is -3.27. The zero-order valence-corrected chi connectivity index (χ0v) is 18.2.